The number of ether oxygens (including phenoxy) is 3. The number of hydrogen-bond donors (Lipinski definition) is 0. The first-order valence-electron chi connectivity index (χ1n) is 11.7. The van der Waals surface area contributed by atoms with Gasteiger partial charge in [-0.25, -0.2) is 4.98 Å². The summed E-state index contributed by atoms with van der Waals surface area (Å²) in [7, 11) is 0. The molecule has 0 bridgehead atoms. The molecule has 0 N–H and O–H groups in total. The first kappa shape index (κ1) is 24.5. The van der Waals surface area contributed by atoms with Crippen LogP contribution in [0.4, 0.5) is 5.13 Å². The number of para-hydroxylation sites is 1. The van der Waals surface area contributed by atoms with Crippen LogP contribution in [0, 0.1) is 13.8 Å². The summed E-state index contributed by atoms with van der Waals surface area (Å²) in [6, 6.07) is 15.1. The van der Waals surface area contributed by atoms with Crippen molar-refractivity contribution in [1.82, 2.24) is 14.8 Å². The average Bonchev–Trinajstić information content (AvgIpc) is 3.42. The van der Waals surface area contributed by atoms with Gasteiger partial charge in [0.25, 0.3) is 5.91 Å². The zero-order valence-electron chi connectivity index (χ0n) is 20.5. The number of thiazole rings is 1. The van der Waals surface area contributed by atoms with Crippen LogP contribution in [0.25, 0.3) is 10.2 Å². The van der Waals surface area contributed by atoms with Gasteiger partial charge in [-0.3, -0.25) is 14.4 Å². The number of anilines is 1. The van der Waals surface area contributed by atoms with Crippen LogP contribution in [0.15, 0.2) is 48.5 Å². The first-order chi connectivity index (χ1) is 17.0. The van der Waals surface area contributed by atoms with Crippen LogP contribution in [0.1, 0.15) is 25.2 Å². The molecule has 1 amide bonds. The Morgan fingerprint density at radius 3 is 2.37 bits per heavy atom. The Morgan fingerprint density at radius 2 is 1.71 bits per heavy atom. The van der Waals surface area contributed by atoms with E-state index in [-0.39, 0.29) is 12.5 Å². The predicted molar refractivity (Wildman–Crippen MR) is 138 cm³/mol. The maximum atomic E-state index is 13.4. The van der Waals surface area contributed by atoms with E-state index >= 15 is 0 Å². The summed E-state index contributed by atoms with van der Waals surface area (Å²) in [5.41, 5.74) is 2.75. The minimum absolute atomic E-state index is 0.112. The molecular weight excluding hydrogens is 464 g/mol. The van der Waals surface area contributed by atoms with E-state index in [4.69, 9.17) is 19.2 Å². The molecule has 0 saturated heterocycles. The Bertz CT molecular complexity index is 1280. The number of benzene rings is 2. The largest absolute Gasteiger partial charge is 0.494 e. The quantitative estimate of drug-likeness (QED) is 0.291. The highest BCUT2D eigenvalue weighted by atomic mass is 32.1. The van der Waals surface area contributed by atoms with Gasteiger partial charge in [-0.05, 0) is 70.2 Å². The number of nitrogens with zero attached hydrogens (tertiary/aromatic N) is 4. The van der Waals surface area contributed by atoms with E-state index in [1.165, 1.54) is 11.3 Å². The fraction of sp³-hybridized carbons (Fsp3) is 0.346. The van der Waals surface area contributed by atoms with Crippen molar-refractivity contribution in [2.75, 3.05) is 31.3 Å². The lowest BCUT2D eigenvalue weighted by Gasteiger charge is -2.20. The molecule has 0 unspecified atom stereocenters. The van der Waals surface area contributed by atoms with Crippen LogP contribution >= 0.6 is 11.3 Å². The molecule has 9 heteroatoms. The van der Waals surface area contributed by atoms with E-state index in [1.807, 2.05) is 68.8 Å². The highest BCUT2D eigenvalue weighted by Gasteiger charge is 2.22. The third-order valence-electron chi connectivity index (χ3n) is 5.34. The second kappa shape index (κ2) is 11.2. The molecule has 0 fully saturated rings. The van der Waals surface area contributed by atoms with Gasteiger partial charge in [-0.15, -0.1) is 0 Å². The van der Waals surface area contributed by atoms with Gasteiger partial charge in [0.1, 0.15) is 22.8 Å². The molecule has 0 aliphatic rings. The maximum Gasteiger partial charge on any atom is 0.266 e. The molecule has 2 heterocycles. The lowest BCUT2D eigenvalue weighted by Crippen LogP contribution is -2.37. The van der Waals surface area contributed by atoms with Crippen molar-refractivity contribution in [1.29, 1.82) is 0 Å². The van der Waals surface area contributed by atoms with Gasteiger partial charge >= 0.3 is 0 Å². The molecule has 4 rings (SSSR count). The fourth-order valence-electron chi connectivity index (χ4n) is 3.74. The Morgan fingerprint density at radius 1 is 1.00 bits per heavy atom. The van der Waals surface area contributed by atoms with Gasteiger partial charge in [-0.2, -0.15) is 5.10 Å². The minimum Gasteiger partial charge on any atom is -0.494 e. The standard InChI is InChI=1S/C26H30N4O4S/c1-5-32-20-10-12-21(13-11-20)34-17-24(31)29(14-15-30-19(4)16-18(3)28-30)26-27-25-22(33-6-2)8-7-9-23(25)35-26/h7-13,16H,5-6,14-15,17H2,1-4H3. The van der Waals surface area contributed by atoms with Crippen LogP contribution in [0.2, 0.25) is 0 Å². The monoisotopic (exact) mass is 494 g/mol. The average molecular weight is 495 g/mol. The Hall–Kier alpha value is -3.59. The smallest absolute Gasteiger partial charge is 0.266 e. The summed E-state index contributed by atoms with van der Waals surface area (Å²) in [6.45, 7) is 9.82. The predicted octanol–water partition coefficient (Wildman–Crippen LogP) is 5.02. The third-order valence-corrected chi connectivity index (χ3v) is 6.38. The van der Waals surface area contributed by atoms with Crippen LogP contribution in [-0.2, 0) is 11.3 Å². The second-order valence-electron chi connectivity index (χ2n) is 7.92. The lowest BCUT2D eigenvalue weighted by molar-refractivity contribution is -0.120. The van der Waals surface area contributed by atoms with E-state index in [2.05, 4.69) is 5.10 Å². The van der Waals surface area contributed by atoms with Gasteiger partial charge in [0.2, 0.25) is 0 Å². The number of aromatic nitrogens is 3. The van der Waals surface area contributed by atoms with Crippen molar-refractivity contribution in [3.8, 4) is 17.2 Å². The summed E-state index contributed by atoms with van der Waals surface area (Å²) in [5.74, 6) is 1.89. The van der Waals surface area contributed by atoms with Gasteiger partial charge in [0, 0.05) is 12.2 Å². The van der Waals surface area contributed by atoms with E-state index in [9.17, 15) is 4.79 Å². The summed E-state index contributed by atoms with van der Waals surface area (Å²) in [6.07, 6.45) is 0. The number of carbonyl (C=O) groups is 1. The molecular formula is C26H30N4O4S. The Labute approximate surface area is 209 Å². The molecule has 2 aromatic heterocycles. The molecule has 184 valence electrons. The van der Waals surface area contributed by atoms with Crippen molar-refractivity contribution < 1.29 is 19.0 Å². The molecule has 4 aromatic rings. The number of rotatable bonds is 11. The number of carbonyl (C=O) groups excluding carboxylic acids is 1. The molecule has 2 aromatic carbocycles. The number of amides is 1. The molecule has 35 heavy (non-hydrogen) atoms. The molecule has 0 aliphatic carbocycles. The normalized spacial score (nSPS) is 11.0. The summed E-state index contributed by atoms with van der Waals surface area (Å²) >= 11 is 1.46. The highest BCUT2D eigenvalue weighted by molar-refractivity contribution is 7.22. The van der Waals surface area contributed by atoms with Gasteiger partial charge in [-0.1, -0.05) is 17.4 Å². The Kier molecular flexibility index (Phi) is 7.87. The van der Waals surface area contributed by atoms with Gasteiger partial charge in [0.15, 0.2) is 11.7 Å². The van der Waals surface area contributed by atoms with Crippen LogP contribution in [0.3, 0.4) is 0 Å². The van der Waals surface area contributed by atoms with E-state index in [0.29, 0.717) is 42.9 Å². The topological polar surface area (TPSA) is 78.7 Å². The first-order valence-corrected chi connectivity index (χ1v) is 12.5. The van der Waals surface area contributed by atoms with Crippen molar-refractivity contribution in [2.24, 2.45) is 0 Å². The molecule has 0 aliphatic heterocycles. The minimum atomic E-state index is -0.183. The lowest BCUT2D eigenvalue weighted by atomic mass is 10.3. The van der Waals surface area contributed by atoms with Crippen molar-refractivity contribution in [3.05, 3.63) is 59.9 Å². The van der Waals surface area contributed by atoms with Crippen LogP contribution in [-0.4, -0.2) is 47.0 Å². The van der Waals surface area contributed by atoms with Crippen LogP contribution in [0.5, 0.6) is 17.2 Å². The summed E-state index contributed by atoms with van der Waals surface area (Å²) < 4.78 is 19.9. The zero-order chi connectivity index (χ0) is 24.8. The van der Waals surface area contributed by atoms with Gasteiger partial charge in [0.05, 0.1) is 30.2 Å². The third kappa shape index (κ3) is 5.92. The molecule has 0 spiro atoms. The highest BCUT2D eigenvalue weighted by Crippen LogP contribution is 2.34. The molecule has 0 saturated carbocycles. The number of hydrogen-bond acceptors (Lipinski definition) is 7. The van der Waals surface area contributed by atoms with Crippen molar-refractivity contribution in [3.63, 3.8) is 0 Å². The Balaban J connectivity index is 1.55. The molecule has 0 radical (unpaired) electrons. The van der Waals surface area contributed by atoms with E-state index < -0.39 is 0 Å². The summed E-state index contributed by atoms with van der Waals surface area (Å²) in [4.78, 5) is 19.8. The summed E-state index contributed by atoms with van der Waals surface area (Å²) in [5, 5.41) is 5.14. The number of aryl methyl sites for hydroxylation is 2. The van der Waals surface area contributed by atoms with E-state index in [0.717, 1.165) is 27.4 Å². The molecule has 0 atom stereocenters. The van der Waals surface area contributed by atoms with E-state index in [1.54, 1.807) is 17.0 Å². The van der Waals surface area contributed by atoms with Crippen molar-refractivity contribution >= 4 is 32.6 Å². The van der Waals surface area contributed by atoms with Gasteiger partial charge < -0.3 is 14.2 Å². The SMILES string of the molecule is CCOc1ccc(OCC(=O)N(CCn2nc(C)cc2C)c2nc3c(OCC)cccc3s2)cc1. The number of fused-ring (bicyclic) bond motifs is 1. The zero-order valence-corrected chi connectivity index (χ0v) is 21.3. The fourth-order valence-corrected chi connectivity index (χ4v) is 4.77. The van der Waals surface area contributed by atoms with Crippen molar-refractivity contribution in [2.45, 2.75) is 34.2 Å². The molecule has 8 nitrogen and oxygen atoms in total. The maximum absolute atomic E-state index is 13.4. The van der Waals surface area contributed by atoms with Crippen LogP contribution < -0.4 is 19.1 Å². The second-order valence-corrected chi connectivity index (χ2v) is 8.93.